The molecule has 4 nitrogen and oxygen atoms in total. The van der Waals surface area contributed by atoms with Gasteiger partial charge in [-0.15, -0.1) is 0 Å². The summed E-state index contributed by atoms with van der Waals surface area (Å²) in [6.07, 6.45) is 0. The van der Waals surface area contributed by atoms with Crippen molar-refractivity contribution in [3.05, 3.63) is 42.1 Å². The van der Waals surface area contributed by atoms with Crippen molar-refractivity contribution in [2.45, 2.75) is 6.92 Å². The van der Waals surface area contributed by atoms with E-state index in [9.17, 15) is 0 Å². The lowest BCUT2D eigenvalue weighted by molar-refractivity contribution is -0.665. The number of hydrogen-bond donors (Lipinski definition) is 1. The molecule has 0 spiro atoms. The molecule has 0 radical (unpaired) electrons. The highest BCUT2D eigenvalue weighted by Gasteiger charge is 2.15. The van der Waals surface area contributed by atoms with Crippen LogP contribution in [0.15, 0.2) is 36.4 Å². The molecule has 1 aromatic carbocycles. The molecule has 1 heterocycles. The van der Waals surface area contributed by atoms with Gasteiger partial charge in [0.15, 0.2) is 0 Å². The second-order valence-electron chi connectivity index (χ2n) is 4.28. The van der Waals surface area contributed by atoms with E-state index in [1.165, 1.54) is 0 Å². The molecular weight excluding hydrogens is 224 g/mol. The predicted octanol–water partition coefficient (Wildman–Crippen LogP) is 2.02. The molecule has 18 heavy (non-hydrogen) atoms. The van der Waals surface area contributed by atoms with Crippen LogP contribution in [0, 0.1) is 6.92 Å². The van der Waals surface area contributed by atoms with Crippen molar-refractivity contribution in [1.82, 2.24) is 4.98 Å². The molecule has 0 bridgehead atoms. The number of para-hydroxylation sites is 1. The summed E-state index contributed by atoms with van der Waals surface area (Å²) in [5.41, 5.74) is 2.28. The summed E-state index contributed by atoms with van der Waals surface area (Å²) in [5.74, 6) is 1.79. The van der Waals surface area contributed by atoms with Gasteiger partial charge in [0.1, 0.15) is 0 Å². The highest BCUT2D eigenvalue weighted by atomic mass is 15.2. The fourth-order valence-corrected chi connectivity index (χ4v) is 1.85. The van der Waals surface area contributed by atoms with Gasteiger partial charge in [-0.05, 0) is 19.1 Å². The van der Waals surface area contributed by atoms with Crippen molar-refractivity contribution in [3.63, 3.8) is 0 Å². The third-order valence-corrected chi connectivity index (χ3v) is 3.12. The number of aromatic nitrogens is 2. The fourth-order valence-electron chi connectivity index (χ4n) is 1.85. The summed E-state index contributed by atoms with van der Waals surface area (Å²) in [5, 5.41) is 3.11. The van der Waals surface area contributed by atoms with Crippen LogP contribution >= 0.6 is 0 Å². The minimum atomic E-state index is 0.854. The lowest BCUT2D eigenvalue weighted by Gasteiger charge is -2.17. The van der Waals surface area contributed by atoms with Crippen LogP contribution in [0.2, 0.25) is 0 Å². The number of nitrogens with zero attached hydrogens (tertiary/aromatic N) is 3. The first-order valence-electron chi connectivity index (χ1n) is 5.97. The van der Waals surface area contributed by atoms with E-state index in [1.807, 2.05) is 43.9 Å². The second-order valence-corrected chi connectivity index (χ2v) is 4.28. The summed E-state index contributed by atoms with van der Waals surface area (Å²) in [7, 11) is 5.91. The van der Waals surface area contributed by atoms with Crippen molar-refractivity contribution in [2.75, 3.05) is 24.3 Å². The molecule has 1 N–H and O–H groups in total. The van der Waals surface area contributed by atoms with Crippen LogP contribution in [0.3, 0.4) is 0 Å². The van der Waals surface area contributed by atoms with E-state index in [0.29, 0.717) is 0 Å². The number of benzene rings is 1. The summed E-state index contributed by atoms with van der Waals surface area (Å²) < 4.78 is 2.03. The Hall–Kier alpha value is -2.10. The minimum absolute atomic E-state index is 0.854. The Balaban J connectivity index is 2.43. The number of hydrogen-bond acceptors (Lipinski definition) is 3. The molecule has 0 atom stereocenters. The lowest BCUT2D eigenvalue weighted by Crippen LogP contribution is -2.37. The maximum Gasteiger partial charge on any atom is 0.393 e. The average molecular weight is 243 g/mol. The Labute approximate surface area is 108 Å². The topological polar surface area (TPSA) is 32.0 Å². The maximum absolute atomic E-state index is 4.61. The van der Waals surface area contributed by atoms with Crippen LogP contribution in [0.25, 0.3) is 0 Å². The van der Waals surface area contributed by atoms with Crippen LogP contribution in [0.1, 0.15) is 5.69 Å². The maximum atomic E-state index is 4.61. The van der Waals surface area contributed by atoms with Gasteiger partial charge in [-0.1, -0.05) is 23.2 Å². The molecule has 0 amide bonds. The van der Waals surface area contributed by atoms with E-state index < -0.39 is 0 Å². The lowest BCUT2D eigenvalue weighted by atomic mass is 10.3. The smallest absolute Gasteiger partial charge is 0.316 e. The van der Waals surface area contributed by atoms with Crippen molar-refractivity contribution < 1.29 is 4.57 Å². The van der Waals surface area contributed by atoms with Crippen molar-refractivity contribution >= 4 is 17.5 Å². The van der Waals surface area contributed by atoms with Gasteiger partial charge in [0.2, 0.25) is 5.82 Å². The Morgan fingerprint density at radius 2 is 1.89 bits per heavy atom. The zero-order valence-electron chi connectivity index (χ0n) is 11.3. The fraction of sp³-hybridized carbons (Fsp3) is 0.286. The van der Waals surface area contributed by atoms with Crippen LogP contribution in [-0.4, -0.2) is 19.1 Å². The standard InChI is InChI=1S/C14H18N4/c1-11-10-13(16-14(15-2)17(11)3)18(4)12-8-6-5-7-9-12/h5-10H,1-4H3/p+1. The number of rotatable bonds is 3. The third-order valence-electron chi connectivity index (χ3n) is 3.12. The van der Waals surface area contributed by atoms with E-state index in [2.05, 4.69) is 40.3 Å². The van der Waals surface area contributed by atoms with E-state index in [-0.39, 0.29) is 0 Å². The SMILES string of the molecule is CNc1nc(N(C)c2ccccc2)cc(C)[n+]1C. The Morgan fingerprint density at radius 3 is 2.50 bits per heavy atom. The van der Waals surface area contributed by atoms with Gasteiger partial charge in [0, 0.05) is 18.8 Å². The van der Waals surface area contributed by atoms with Gasteiger partial charge in [0.05, 0.1) is 19.8 Å². The molecule has 0 aliphatic rings. The molecule has 0 fully saturated rings. The monoisotopic (exact) mass is 243 g/mol. The summed E-state index contributed by atoms with van der Waals surface area (Å²) >= 11 is 0. The molecule has 0 aliphatic carbocycles. The Morgan fingerprint density at radius 1 is 1.22 bits per heavy atom. The van der Waals surface area contributed by atoms with Crippen LogP contribution in [0.5, 0.6) is 0 Å². The Kier molecular flexibility index (Phi) is 3.46. The normalized spacial score (nSPS) is 10.2. The van der Waals surface area contributed by atoms with E-state index in [0.717, 1.165) is 23.1 Å². The van der Waals surface area contributed by atoms with Crippen molar-refractivity contribution in [3.8, 4) is 0 Å². The highest BCUT2D eigenvalue weighted by molar-refractivity contribution is 5.59. The van der Waals surface area contributed by atoms with Crippen molar-refractivity contribution in [1.29, 1.82) is 0 Å². The molecular formula is C14H19N4+. The Bertz CT molecular complexity index is 537. The van der Waals surface area contributed by atoms with Crippen molar-refractivity contribution in [2.24, 2.45) is 7.05 Å². The van der Waals surface area contributed by atoms with Gasteiger partial charge in [-0.2, -0.15) is 0 Å². The third kappa shape index (κ3) is 2.27. The molecule has 1 aromatic heterocycles. The molecule has 2 aromatic rings. The van der Waals surface area contributed by atoms with Crippen LogP contribution in [-0.2, 0) is 7.05 Å². The quantitative estimate of drug-likeness (QED) is 0.837. The molecule has 0 unspecified atom stereocenters. The van der Waals surface area contributed by atoms with Gasteiger partial charge >= 0.3 is 5.95 Å². The van der Waals surface area contributed by atoms with Crippen LogP contribution < -0.4 is 14.8 Å². The van der Waals surface area contributed by atoms with Gasteiger partial charge < -0.3 is 4.90 Å². The molecule has 94 valence electrons. The molecule has 0 saturated heterocycles. The molecule has 0 saturated carbocycles. The first-order chi connectivity index (χ1) is 8.63. The summed E-state index contributed by atoms with van der Waals surface area (Å²) in [6, 6.07) is 12.3. The zero-order valence-corrected chi connectivity index (χ0v) is 11.3. The van der Waals surface area contributed by atoms with E-state index in [1.54, 1.807) is 0 Å². The van der Waals surface area contributed by atoms with E-state index >= 15 is 0 Å². The highest BCUT2D eigenvalue weighted by Crippen LogP contribution is 2.21. The van der Waals surface area contributed by atoms with E-state index in [4.69, 9.17) is 0 Å². The molecule has 2 rings (SSSR count). The first-order valence-corrected chi connectivity index (χ1v) is 5.97. The summed E-state index contributed by atoms with van der Waals surface area (Å²) in [6.45, 7) is 2.07. The van der Waals surface area contributed by atoms with Crippen LogP contribution in [0.4, 0.5) is 17.5 Å². The number of anilines is 3. The molecule has 4 heteroatoms. The minimum Gasteiger partial charge on any atom is -0.316 e. The first kappa shape index (κ1) is 12.4. The molecule has 0 aliphatic heterocycles. The van der Waals surface area contributed by atoms with Gasteiger partial charge in [0.25, 0.3) is 0 Å². The summed E-state index contributed by atoms with van der Waals surface area (Å²) in [4.78, 5) is 6.68. The predicted molar refractivity (Wildman–Crippen MR) is 74.2 cm³/mol. The average Bonchev–Trinajstić information content (AvgIpc) is 2.42. The largest absolute Gasteiger partial charge is 0.393 e. The van der Waals surface area contributed by atoms with Gasteiger partial charge in [-0.25, -0.2) is 4.57 Å². The second kappa shape index (κ2) is 5.04. The number of nitrogens with one attached hydrogen (secondary N) is 1. The zero-order chi connectivity index (χ0) is 13.1. The number of aryl methyl sites for hydroxylation is 1. The van der Waals surface area contributed by atoms with Gasteiger partial charge in [-0.3, -0.25) is 5.32 Å².